The molecule has 0 aromatic heterocycles. The first-order chi connectivity index (χ1) is 7.20. The van der Waals surface area contributed by atoms with Crippen LogP contribution < -0.4 is 0 Å². The van der Waals surface area contributed by atoms with Crippen LogP contribution in [0.25, 0.3) is 0 Å². The van der Waals surface area contributed by atoms with E-state index in [4.69, 9.17) is 9.05 Å². The van der Waals surface area contributed by atoms with Crippen molar-refractivity contribution in [2.45, 2.75) is 38.4 Å². The summed E-state index contributed by atoms with van der Waals surface area (Å²) in [7, 11) is 0. The molecule has 0 fully saturated rings. The van der Waals surface area contributed by atoms with Gasteiger partial charge in [-0.3, -0.25) is 0 Å². The van der Waals surface area contributed by atoms with Gasteiger partial charge in [-0.05, 0) is 44.5 Å². The third-order valence-corrected chi connectivity index (χ3v) is 6.34. The van der Waals surface area contributed by atoms with Gasteiger partial charge >= 0.3 is 6.80 Å². The molecule has 0 aromatic rings. The van der Waals surface area contributed by atoms with Gasteiger partial charge in [0.1, 0.15) is 0 Å². The molecule has 0 N–H and O–H groups in total. The molecular weight excluding hydrogens is 231 g/mol. The van der Waals surface area contributed by atoms with Gasteiger partial charge in [-0.25, -0.2) is 4.57 Å². The summed E-state index contributed by atoms with van der Waals surface area (Å²) >= 11 is 1.34. The van der Waals surface area contributed by atoms with Crippen LogP contribution in [-0.4, -0.2) is 18.5 Å². The molecule has 1 aliphatic rings. The summed E-state index contributed by atoms with van der Waals surface area (Å²) in [5, 5.41) is 0.280. The predicted molar refractivity (Wildman–Crippen MR) is 65.2 cm³/mol. The van der Waals surface area contributed by atoms with Crippen molar-refractivity contribution in [1.82, 2.24) is 0 Å². The minimum Gasteiger partial charge on any atom is -0.301 e. The third-order valence-electron chi connectivity index (χ3n) is 2.05. The number of hydrogen-bond donors (Lipinski definition) is 0. The average molecular weight is 250 g/mol. The molecule has 0 amide bonds. The van der Waals surface area contributed by atoms with E-state index in [1.54, 1.807) is 0 Å². The van der Waals surface area contributed by atoms with Crippen molar-refractivity contribution in [2.75, 3.05) is 13.2 Å². The zero-order chi connectivity index (χ0) is 11.1. The quantitative estimate of drug-likeness (QED) is 0.527. The smallest absolute Gasteiger partial charge is 0.301 e. The van der Waals surface area contributed by atoms with E-state index in [0.29, 0.717) is 13.2 Å². The maximum atomic E-state index is 12.2. The van der Waals surface area contributed by atoms with Gasteiger partial charge in [-0.15, -0.1) is 0 Å². The van der Waals surface area contributed by atoms with Gasteiger partial charge in [0.2, 0.25) is 0 Å². The molecule has 88 valence electrons. The highest BCUT2D eigenvalue weighted by atomic mass is 32.7. The van der Waals surface area contributed by atoms with Crippen molar-refractivity contribution in [2.24, 2.45) is 0 Å². The molecule has 1 atom stereocenters. The van der Waals surface area contributed by atoms with E-state index >= 15 is 0 Å². The van der Waals surface area contributed by atoms with Crippen LogP contribution in [-0.2, 0) is 13.6 Å². The van der Waals surface area contributed by atoms with Crippen LogP contribution in [0.2, 0.25) is 0 Å². The SMILES string of the molecule is CCOP(=O)(OCC)SC1C=CCCC1. The summed E-state index contributed by atoms with van der Waals surface area (Å²) in [4.78, 5) is 0. The highest BCUT2D eigenvalue weighted by molar-refractivity contribution is 8.55. The van der Waals surface area contributed by atoms with Crippen molar-refractivity contribution >= 4 is 18.2 Å². The zero-order valence-corrected chi connectivity index (χ0v) is 11.1. The number of hydrogen-bond acceptors (Lipinski definition) is 4. The molecule has 1 aliphatic carbocycles. The fourth-order valence-electron chi connectivity index (χ4n) is 1.45. The van der Waals surface area contributed by atoms with Crippen molar-refractivity contribution in [1.29, 1.82) is 0 Å². The van der Waals surface area contributed by atoms with Gasteiger partial charge < -0.3 is 9.05 Å². The van der Waals surface area contributed by atoms with Crippen LogP contribution in [0.4, 0.5) is 0 Å². The minimum atomic E-state index is -2.92. The number of rotatable bonds is 6. The first kappa shape index (κ1) is 13.3. The monoisotopic (exact) mass is 250 g/mol. The first-order valence-corrected chi connectivity index (χ1v) is 8.47. The Balaban J connectivity index is 2.52. The minimum absolute atomic E-state index is 0.280. The van der Waals surface area contributed by atoms with Crippen molar-refractivity contribution in [3.05, 3.63) is 12.2 Å². The fourth-order valence-corrected chi connectivity index (χ4v) is 5.58. The summed E-state index contributed by atoms with van der Waals surface area (Å²) in [6.07, 6.45) is 7.60. The normalized spacial score (nSPS) is 21.9. The Bertz CT molecular complexity index is 245. The lowest BCUT2D eigenvalue weighted by Gasteiger charge is -2.21. The average Bonchev–Trinajstić information content (AvgIpc) is 2.19. The zero-order valence-electron chi connectivity index (χ0n) is 9.35. The molecule has 3 nitrogen and oxygen atoms in total. The van der Waals surface area contributed by atoms with E-state index in [0.717, 1.165) is 19.3 Å². The Morgan fingerprint density at radius 1 is 1.40 bits per heavy atom. The Hall–Kier alpha value is 0.240. The molecule has 0 heterocycles. The second-order valence-electron chi connectivity index (χ2n) is 3.29. The van der Waals surface area contributed by atoms with Crippen molar-refractivity contribution in [3.63, 3.8) is 0 Å². The molecule has 0 radical (unpaired) electrons. The van der Waals surface area contributed by atoms with E-state index in [9.17, 15) is 4.57 Å². The Morgan fingerprint density at radius 3 is 2.53 bits per heavy atom. The van der Waals surface area contributed by atoms with E-state index in [-0.39, 0.29) is 5.25 Å². The lowest BCUT2D eigenvalue weighted by molar-refractivity contribution is 0.236. The third kappa shape index (κ3) is 4.73. The van der Waals surface area contributed by atoms with Gasteiger partial charge in [-0.1, -0.05) is 12.2 Å². The van der Waals surface area contributed by atoms with Crippen LogP contribution >= 0.6 is 18.2 Å². The lowest BCUT2D eigenvalue weighted by atomic mass is 10.1. The van der Waals surface area contributed by atoms with Crippen molar-refractivity contribution < 1.29 is 13.6 Å². The summed E-state index contributed by atoms with van der Waals surface area (Å²) in [6.45, 7) is 1.61. The van der Waals surface area contributed by atoms with Crippen LogP contribution in [0.15, 0.2) is 12.2 Å². The molecule has 1 rings (SSSR count). The highest BCUT2D eigenvalue weighted by Gasteiger charge is 2.28. The predicted octanol–water partition coefficient (Wildman–Crippen LogP) is 4.01. The highest BCUT2D eigenvalue weighted by Crippen LogP contribution is 2.63. The first-order valence-electron chi connectivity index (χ1n) is 5.44. The van der Waals surface area contributed by atoms with Gasteiger partial charge in [0.15, 0.2) is 0 Å². The van der Waals surface area contributed by atoms with Crippen LogP contribution in [0.3, 0.4) is 0 Å². The molecule has 0 aromatic carbocycles. The van der Waals surface area contributed by atoms with Crippen LogP contribution in [0, 0.1) is 0 Å². The van der Waals surface area contributed by atoms with Gasteiger partial charge in [-0.2, -0.15) is 0 Å². The van der Waals surface area contributed by atoms with Crippen molar-refractivity contribution in [3.8, 4) is 0 Å². The second kappa shape index (κ2) is 6.74. The number of allylic oxidation sites excluding steroid dienone is 1. The van der Waals surface area contributed by atoms with Crippen LogP contribution in [0.5, 0.6) is 0 Å². The summed E-state index contributed by atoms with van der Waals surface area (Å²) in [5.41, 5.74) is 0. The largest absolute Gasteiger partial charge is 0.389 e. The lowest BCUT2D eigenvalue weighted by Crippen LogP contribution is -2.04. The summed E-state index contributed by atoms with van der Waals surface area (Å²) in [5.74, 6) is 0. The molecule has 0 saturated heterocycles. The van der Waals surface area contributed by atoms with E-state index in [1.165, 1.54) is 11.4 Å². The van der Waals surface area contributed by atoms with Gasteiger partial charge in [0.25, 0.3) is 0 Å². The topological polar surface area (TPSA) is 35.5 Å². The van der Waals surface area contributed by atoms with E-state index in [2.05, 4.69) is 12.2 Å². The van der Waals surface area contributed by atoms with Crippen LogP contribution in [0.1, 0.15) is 33.1 Å². The second-order valence-corrected chi connectivity index (χ2v) is 7.49. The molecule has 0 saturated carbocycles. The van der Waals surface area contributed by atoms with E-state index in [1.807, 2.05) is 13.8 Å². The Morgan fingerprint density at radius 2 is 2.07 bits per heavy atom. The Labute approximate surface area is 95.9 Å². The molecule has 15 heavy (non-hydrogen) atoms. The molecule has 0 spiro atoms. The summed E-state index contributed by atoms with van der Waals surface area (Å²) < 4.78 is 22.6. The Kier molecular flexibility index (Phi) is 5.98. The molecule has 0 aliphatic heterocycles. The van der Waals surface area contributed by atoms with Gasteiger partial charge in [0, 0.05) is 5.25 Å². The standard InChI is InChI=1S/C10H19O3PS/c1-3-12-14(11,13-4-2)15-10-8-6-5-7-9-10/h6,8,10H,3-5,7,9H2,1-2H3. The molecule has 1 unspecified atom stereocenters. The molecular formula is C10H19O3PS. The molecule has 5 heteroatoms. The van der Waals surface area contributed by atoms with Gasteiger partial charge in [0.05, 0.1) is 13.2 Å². The maximum Gasteiger partial charge on any atom is 0.389 e. The molecule has 0 bridgehead atoms. The maximum absolute atomic E-state index is 12.2. The van der Waals surface area contributed by atoms with E-state index < -0.39 is 6.80 Å². The summed E-state index contributed by atoms with van der Waals surface area (Å²) in [6, 6.07) is 0. The fraction of sp³-hybridized carbons (Fsp3) is 0.800.